The summed E-state index contributed by atoms with van der Waals surface area (Å²) in [5.74, 6) is 0.0263. The van der Waals surface area contributed by atoms with Crippen molar-refractivity contribution >= 4 is 10.0 Å². The smallest absolute Gasteiger partial charge is 0.212 e. The molecule has 0 aliphatic carbocycles. The van der Waals surface area contributed by atoms with Crippen molar-refractivity contribution in [1.82, 2.24) is 4.31 Å². The van der Waals surface area contributed by atoms with Crippen molar-refractivity contribution in [3.8, 4) is 6.07 Å². The van der Waals surface area contributed by atoms with E-state index in [-0.39, 0.29) is 24.6 Å². The highest BCUT2D eigenvalue weighted by atomic mass is 32.2. The Kier molecular flexibility index (Phi) is 6.00. The van der Waals surface area contributed by atoms with Crippen molar-refractivity contribution in [2.24, 2.45) is 0 Å². The maximum absolute atomic E-state index is 12.3. The fraction of sp³-hybridized carbons (Fsp3) is 0.500. The van der Waals surface area contributed by atoms with Gasteiger partial charge in [0.05, 0.1) is 11.8 Å². The van der Waals surface area contributed by atoms with Crippen molar-refractivity contribution in [2.45, 2.75) is 26.2 Å². The lowest BCUT2D eigenvalue weighted by atomic mass is 10.0. The molecule has 0 bridgehead atoms. The molecule has 1 unspecified atom stereocenters. The summed E-state index contributed by atoms with van der Waals surface area (Å²) in [6.45, 7) is 4.38. The molecule has 1 rings (SSSR count). The third-order valence-electron chi connectivity index (χ3n) is 3.05. The van der Waals surface area contributed by atoms with E-state index in [0.717, 1.165) is 5.56 Å². The van der Waals surface area contributed by atoms with Gasteiger partial charge in [-0.15, -0.1) is 0 Å². The molecule has 0 heterocycles. The third-order valence-corrected chi connectivity index (χ3v) is 5.20. The molecular formula is C14H20N2O2S. The Morgan fingerprint density at radius 3 is 2.47 bits per heavy atom. The van der Waals surface area contributed by atoms with Gasteiger partial charge in [-0.3, -0.25) is 0 Å². The van der Waals surface area contributed by atoms with Gasteiger partial charge in [0.25, 0.3) is 0 Å². The molecule has 1 atom stereocenters. The number of hydrogen-bond donors (Lipinski definition) is 0. The number of nitrogens with zero attached hydrogens (tertiary/aromatic N) is 2. The van der Waals surface area contributed by atoms with Gasteiger partial charge in [-0.1, -0.05) is 44.2 Å². The molecule has 19 heavy (non-hydrogen) atoms. The third kappa shape index (κ3) is 4.66. The van der Waals surface area contributed by atoms with E-state index >= 15 is 0 Å². The fourth-order valence-electron chi connectivity index (χ4n) is 1.97. The molecule has 1 aromatic rings. The van der Waals surface area contributed by atoms with Crippen LogP contribution in [0.25, 0.3) is 0 Å². The number of hydrogen-bond acceptors (Lipinski definition) is 3. The SMILES string of the molecule is CCN(CCC#N)S(=O)(=O)CC(C)c1ccccc1. The number of benzene rings is 1. The van der Waals surface area contributed by atoms with Gasteiger partial charge in [-0.25, -0.2) is 12.7 Å². The summed E-state index contributed by atoms with van der Waals surface area (Å²) < 4.78 is 25.9. The first-order chi connectivity index (χ1) is 9.01. The first-order valence-corrected chi connectivity index (χ1v) is 8.02. The Bertz CT molecular complexity index is 520. The maximum atomic E-state index is 12.3. The predicted octanol–water partition coefficient (Wildman–Crippen LogP) is 2.36. The predicted molar refractivity (Wildman–Crippen MR) is 76.1 cm³/mol. The van der Waals surface area contributed by atoms with Crippen LogP contribution in [-0.2, 0) is 10.0 Å². The Balaban J connectivity index is 2.76. The largest absolute Gasteiger partial charge is 0.214 e. The lowest BCUT2D eigenvalue weighted by Gasteiger charge is -2.21. The summed E-state index contributed by atoms with van der Waals surface area (Å²) in [6.07, 6.45) is 0.229. The fourth-order valence-corrected chi connectivity index (χ4v) is 3.77. The summed E-state index contributed by atoms with van der Waals surface area (Å²) in [5.41, 5.74) is 1.02. The standard InChI is InChI=1S/C14H20N2O2S/c1-3-16(11-7-10-15)19(17,18)12-13(2)14-8-5-4-6-9-14/h4-6,8-9,13H,3,7,11-12H2,1-2H3. The van der Waals surface area contributed by atoms with Gasteiger partial charge in [0.15, 0.2) is 0 Å². The van der Waals surface area contributed by atoms with Crippen LogP contribution >= 0.6 is 0 Å². The van der Waals surface area contributed by atoms with Crippen LogP contribution in [-0.4, -0.2) is 31.6 Å². The molecule has 0 amide bonds. The second-order valence-corrected chi connectivity index (χ2v) is 6.50. The van der Waals surface area contributed by atoms with Crippen molar-refractivity contribution in [1.29, 1.82) is 5.26 Å². The minimum Gasteiger partial charge on any atom is -0.212 e. The molecule has 0 aromatic heterocycles. The molecule has 0 N–H and O–H groups in total. The van der Waals surface area contributed by atoms with Crippen LogP contribution in [0.15, 0.2) is 30.3 Å². The van der Waals surface area contributed by atoms with E-state index in [1.165, 1.54) is 4.31 Å². The van der Waals surface area contributed by atoms with Gasteiger partial charge in [0.1, 0.15) is 0 Å². The van der Waals surface area contributed by atoms with Crippen molar-refractivity contribution in [3.63, 3.8) is 0 Å². The molecule has 0 radical (unpaired) electrons. The molecule has 5 heteroatoms. The van der Waals surface area contributed by atoms with Gasteiger partial charge in [0, 0.05) is 19.5 Å². The van der Waals surface area contributed by atoms with Crippen LogP contribution in [0.1, 0.15) is 31.7 Å². The average Bonchev–Trinajstić information content (AvgIpc) is 2.39. The normalized spacial score (nSPS) is 13.2. The van der Waals surface area contributed by atoms with Crippen molar-refractivity contribution < 1.29 is 8.42 Å². The Labute approximate surface area is 115 Å². The number of rotatable bonds is 7. The van der Waals surface area contributed by atoms with Gasteiger partial charge in [-0.2, -0.15) is 5.26 Å². The van der Waals surface area contributed by atoms with Crippen LogP contribution in [0, 0.1) is 11.3 Å². The van der Waals surface area contributed by atoms with E-state index in [1.54, 1.807) is 6.92 Å². The summed E-state index contributed by atoms with van der Waals surface area (Å²) in [6, 6.07) is 11.6. The summed E-state index contributed by atoms with van der Waals surface area (Å²) in [5, 5.41) is 8.56. The highest BCUT2D eigenvalue weighted by molar-refractivity contribution is 7.89. The highest BCUT2D eigenvalue weighted by Gasteiger charge is 2.23. The van der Waals surface area contributed by atoms with E-state index in [0.29, 0.717) is 6.54 Å². The quantitative estimate of drug-likeness (QED) is 0.770. The van der Waals surface area contributed by atoms with Crippen LogP contribution < -0.4 is 0 Å². The lowest BCUT2D eigenvalue weighted by Crippen LogP contribution is -2.35. The molecule has 0 fully saturated rings. The highest BCUT2D eigenvalue weighted by Crippen LogP contribution is 2.18. The maximum Gasteiger partial charge on any atom is 0.214 e. The number of sulfonamides is 1. The molecule has 0 saturated carbocycles. The Hall–Kier alpha value is -1.38. The van der Waals surface area contributed by atoms with Crippen LogP contribution in [0.3, 0.4) is 0 Å². The van der Waals surface area contributed by atoms with E-state index in [1.807, 2.05) is 43.3 Å². The van der Waals surface area contributed by atoms with Gasteiger partial charge >= 0.3 is 0 Å². The summed E-state index contributed by atoms with van der Waals surface area (Å²) in [4.78, 5) is 0. The minimum absolute atomic E-state index is 0.0534. The van der Waals surface area contributed by atoms with Crippen molar-refractivity contribution in [2.75, 3.05) is 18.8 Å². The molecule has 0 aliphatic heterocycles. The monoisotopic (exact) mass is 280 g/mol. The second-order valence-electron chi connectivity index (χ2n) is 4.49. The Morgan fingerprint density at radius 2 is 1.95 bits per heavy atom. The summed E-state index contributed by atoms with van der Waals surface area (Å²) >= 11 is 0. The van der Waals surface area contributed by atoms with E-state index in [4.69, 9.17) is 5.26 Å². The molecule has 0 aliphatic rings. The number of nitriles is 1. The van der Waals surface area contributed by atoms with E-state index in [2.05, 4.69) is 0 Å². The van der Waals surface area contributed by atoms with Crippen LogP contribution in [0.4, 0.5) is 0 Å². The average molecular weight is 280 g/mol. The topological polar surface area (TPSA) is 61.2 Å². The molecule has 0 spiro atoms. The first-order valence-electron chi connectivity index (χ1n) is 6.41. The van der Waals surface area contributed by atoms with Crippen molar-refractivity contribution in [3.05, 3.63) is 35.9 Å². The van der Waals surface area contributed by atoms with Gasteiger partial charge < -0.3 is 0 Å². The van der Waals surface area contributed by atoms with E-state index < -0.39 is 10.0 Å². The first kappa shape index (κ1) is 15.7. The molecular weight excluding hydrogens is 260 g/mol. The molecule has 4 nitrogen and oxygen atoms in total. The van der Waals surface area contributed by atoms with Gasteiger partial charge in [-0.05, 0) is 11.5 Å². The zero-order valence-electron chi connectivity index (χ0n) is 11.4. The molecule has 0 saturated heterocycles. The minimum atomic E-state index is -3.31. The molecule has 104 valence electrons. The van der Waals surface area contributed by atoms with Crippen LogP contribution in [0.2, 0.25) is 0 Å². The second kappa shape index (κ2) is 7.27. The lowest BCUT2D eigenvalue weighted by molar-refractivity contribution is 0.432. The van der Waals surface area contributed by atoms with Gasteiger partial charge in [0.2, 0.25) is 10.0 Å². The zero-order chi connectivity index (χ0) is 14.3. The summed E-state index contributed by atoms with van der Waals surface area (Å²) in [7, 11) is -3.31. The zero-order valence-corrected chi connectivity index (χ0v) is 12.2. The van der Waals surface area contributed by atoms with E-state index in [9.17, 15) is 8.42 Å². The molecule has 1 aromatic carbocycles. The Morgan fingerprint density at radius 1 is 1.32 bits per heavy atom. The van der Waals surface area contributed by atoms with Crippen LogP contribution in [0.5, 0.6) is 0 Å².